The van der Waals surface area contributed by atoms with Crippen molar-refractivity contribution >= 4 is 0 Å². The molecule has 0 aromatic rings. The molecule has 0 aliphatic carbocycles. The van der Waals surface area contributed by atoms with Crippen LogP contribution in [-0.4, -0.2) is 30.0 Å². The summed E-state index contributed by atoms with van der Waals surface area (Å²) in [6, 6.07) is -0.174. The highest BCUT2D eigenvalue weighted by molar-refractivity contribution is 4.85. The molecule has 3 nitrogen and oxygen atoms in total. The Bertz CT molecular complexity index is 260. The largest absolute Gasteiger partial charge is 0.389 e. The summed E-state index contributed by atoms with van der Waals surface area (Å²) in [5, 5.41) is 9.81. The maximum atomic E-state index is 9.81. The molecule has 23 heavy (non-hydrogen) atoms. The quantitative estimate of drug-likeness (QED) is 0.419. The summed E-state index contributed by atoms with van der Waals surface area (Å²) < 4.78 is 5.52. The lowest BCUT2D eigenvalue weighted by Crippen LogP contribution is -2.36. The topological polar surface area (TPSA) is 55.5 Å². The van der Waals surface area contributed by atoms with Gasteiger partial charge in [-0.2, -0.15) is 0 Å². The first-order valence-corrected chi connectivity index (χ1v) is 10.3. The molecule has 0 amide bonds. The molecule has 0 aromatic carbocycles. The van der Waals surface area contributed by atoms with Crippen molar-refractivity contribution in [2.45, 2.75) is 121 Å². The van der Waals surface area contributed by atoms with Crippen LogP contribution in [0, 0.1) is 0 Å². The first-order valence-electron chi connectivity index (χ1n) is 10.3. The van der Waals surface area contributed by atoms with Crippen LogP contribution in [0.4, 0.5) is 0 Å². The molecule has 0 aromatic heterocycles. The number of rotatable bonds is 15. The van der Waals surface area contributed by atoms with Gasteiger partial charge in [-0.05, 0) is 6.42 Å². The minimum Gasteiger partial charge on any atom is -0.389 e. The Balaban J connectivity index is 1.73. The number of nitrogens with two attached hydrogens (primary N) is 1. The maximum absolute atomic E-state index is 9.81. The Morgan fingerprint density at radius 1 is 0.783 bits per heavy atom. The molecule has 1 aliphatic heterocycles. The molecule has 0 radical (unpaired) electrons. The second-order valence-corrected chi connectivity index (χ2v) is 7.41. The Hall–Kier alpha value is -0.120. The van der Waals surface area contributed by atoms with Crippen LogP contribution in [0.15, 0.2) is 0 Å². The van der Waals surface area contributed by atoms with Crippen molar-refractivity contribution in [2.75, 3.05) is 6.61 Å². The molecule has 1 aliphatic rings. The van der Waals surface area contributed by atoms with Gasteiger partial charge in [-0.1, -0.05) is 96.8 Å². The van der Waals surface area contributed by atoms with E-state index in [1.54, 1.807) is 0 Å². The van der Waals surface area contributed by atoms with E-state index < -0.39 is 6.10 Å². The van der Waals surface area contributed by atoms with Crippen LogP contribution in [-0.2, 0) is 4.74 Å². The summed E-state index contributed by atoms with van der Waals surface area (Å²) in [5.41, 5.74) is 5.74. The van der Waals surface area contributed by atoms with E-state index >= 15 is 0 Å². The van der Waals surface area contributed by atoms with Gasteiger partial charge in [-0.15, -0.1) is 0 Å². The molecule has 1 fully saturated rings. The van der Waals surface area contributed by atoms with Gasteiger partial charge in [0.15, 0.2) is 0 Å². The molecular formula is C20H41NO2. The predicted molar refractivity (Wildman–Crippen MR) is 98.7 cm³/mol. The van der Waals surface area contributed by atoms with Crippen molar-refractivity contribution in [3.05, 3.63) is 0 Å². The van der Waals surface area contributed by atoms with Crippen molar-refractivity contribution in [1.82, 2.24) is 0 Å². The van der Waals surface area contributed by atoms with Gasteiger partial charge in [0, 0.05) is 0 Å². The maximum Gasteiger partial charge on any atom is 0.0974 e. The summed E-state index contributed by atoms with van der Waals surface area (Å²) in [6.07, 6.45) is 19.8. The Kier molecular flexibility index (Phi) is 13.0. The molecule has 0 spiro atoms. The minimum absolute atomic E-state index is 0.0117. The van der Waals surface area contributed by atoms with E-state index in [0.717, 1.165) is 12.8 Å². The fourth-order valence-electron chi connectivity index (χ4n) is 3.50. The number of aliphatic hydroxyl groups excluding tert-OH is 1. The molecule has 138 valence electrons. The van der Waals surface area contributed by atoms with E-state index in [9.17, 15) is 5.11 Å². The van der Waals surface area contributed by atoms with Gasteiger partial charge < -0.3 is 15.6 Å². The molecule has 1 rings (SSSR count). The van der Waals surface area contributed by atoms with Crippen LogP contribution in [0.5, 0.6) is 0 Å². The van der Waals surface area contributed by atoms with Gasteiger partial charge in [0.25, 0.3) is 0 Å². The van der Waals surface area contributed by atoms with Crippen molar-refractivity contribution in [3.63, 3.8) is 0 Å². The summed E-state index contributed by atoms with van der Waals surface area (Å²) in [7, 11) is 0. The molecule has 3 heteroatoms. The number of unbranched alkanes of at least 4 members (excludes halogenated alkanes) is 13. The Morgan fingerprint density at radius 2 is 1.22 bits per heavy atom. The van der Waals surface area contributed by atoms with E-state index in [-0.39, 0.29) is 12.1 Å². The highest BCUT2D eigenvalue weighted by Crippen LogP contribution is 2.19. The highest BCUT2D eigenvalue weighted by atomic mass is 16.5. The first kappa shape index (κ1) is 20.9. The van der Waals surface area contributed by atoms with Gasteiger partial charge >= 0.3 is 0 Å². The van der Waals surface area contributed by atoms with Crippen molar-refractivity contribution < 1.29 is 9.84 Å². The number of hydrogen-bond donors (Lipinski definition) is 2. The van der Waals surface area contributed by atoms with Gasteiger partial charge in [0.05, 0.1) is 24.9 Å². The normalized spacial score (nSPS) is 24.4. The number of ether oxygens (including phenoxy) is 1. The van der Waals surface area contributed by atoms with Crippen LogP contribution in [0.1, 0.15) is 103 Å². The number of aliphatic hydroxyl groups is 1. The third-order valence-corrected chi connectivity index (χ3v) is 5.16. The van der Waals surface area contributed by atoms with Crippen LogP contribution in [0.25, 0.3) is 0 Å². The van der Waals surface area contributed by atoms with Crippen molar-refractivity contribution in [3.8, 4) is 0 Å². The van der Waals surface area contributed by atoms with Crippen LogP contribution < -0.4 is 5.73 Å². The van der Waals surface area contributed by atoms with Crippen LogP contribution >= 0.6 is 0 Å². The Morgan fingerprint density at radius 3 is 1.61 bits per heavy atom. The lowest BCUT2D eigenvalue weighted by Gasteiger charge is -2.14. The standard InChI is InChI=1S/C20H41NO2/c1-2-3-4-5-6-7-8-9-10-11-12-13-14-15-16-19-20(22)18(21)17-23-19/h18-20,22H,2-17,21H2,1H3/t18-,19+,20+/m1/s1. The molecule has 1 saturated heterocycles. The van der Waals surface area contributed by atoms with Crippen molar-refractivity contribution in [1.29, 1.82) is 0 Å². The summed E-state index contributed by atoms with van der Waals surface area (Å²) in [4.78, 5) is 0. The average molecular weight is 328 g/mol. The molecule has 1 heterocycles. The Labute approximate surface area is 144 Å². The highest BCUT2D eigenvalue weighted by Gasteiger charge is 2.32. The zero-order valence-corrected chi connectivity index (χ0v) is 15.5. The number of hydrogen-bond acceptors (Lipinski definition) is 3. The monoisotopic (exact) mass is 327 g/mol. The fraction of sp³-hybridized carbons (Fsp3) is 1.00. The third-order valence-electron chi connectivity index (χ3n) is 5.16. The third kappa shape index (κ3) is 10.4. The van der Waals surface area contributed by atoms with Gasteiger partial charge in [-0.25, -0.2) is 0 Å². The lowest BCUT2D eigenvalue weighted by atomic mass is 10.0. The molecular weight excluding hydrogens is 286 g/mol. The summed E-state index contributed by atoms with van der Waals surface area (Å²) >= 11 is 0. The predicted octanol–water partition coefficient (Wildman–Crippen LogP) is 4.94. The average Bonchev–Trinajstić information content (AvgIpc) is 2.87. The molecule has 0 unspecified atom stereocenters. The molecule has 0 bridgehead atoms. The van der Waals surface area contributed by atoms with Gasteiger partial charge in [0.1, 0.15) is 0 Å². The van der Waals surface area contributed by atoms with E-state index in [1.807, 2.05) is 0 Å². The van der Waals surface area contributed by atoms with E-state index in [4.69, 9.17) is 10.5 Å². The minimum atomic E-state index is -0.447. The van der Waals surface area contributed by atoms with E-state index in [2.05, 4.69) is 6.92 Å². The van der Waals surface area contributed by atoms with Crippen LogP contribution in [0.2, 0.25) is 0 Å². The molecule has 3 N–H and O–H groups in total. The molecule has 3 atom stereocenters. The van der Waals surface area contributed by atoms with Crippen molar-refractivity contribution in [2.24, 2.45) is 5.73 Å². The smallest absolute Gasteiger partial charge is 0.0974 e. The second-order valence-electron chi connectivity index (χ2n) is 7.41. The van der Waals surface area contributed by atoms with E-state index in [1.165, 1.54) is 83.5 Å². The summed E-state index contributed by atoms with van der Waals surface area (Å²) in [5.74, 6) is 0. The zero-order chi connectivity index (χ0) is 16.8. The van der Waals surface area contributed by atoms with Gasteiger partial charge in [0.2, 0.25) is 0 Å². The fourth-order valence-corrected chi connectivity index (χ4v) is 3.50. The molecule has 0 saturated carbocycles. The SMILES string of the molecule is CCCCCCCCCCCCCCCC[C@@H]1OC[C@@H](N)[C@@H]1O. The summed E-state index contributed by atoms with van der Waals surface area (Å²) in [6.45, 7) is 2.80. The zero-order valence-electron chi connectivity index (χ0n) is 15.5. The van der Waals surface area contributed by atoms with E-state index in [0.29, 0.717) is 6.61 Å². The first-order chi connectivity index (χ1) is 11.3. The van der Waals surface area contributed by atoms with Crippen LogP contribution in [0.3, 0.4) is 0 Å². The van der Waals surface area contributed by atoms with Gasteiger partial charge in [-0.3, -0.25) is 0 Å². The lowest BCUT2D eigenvalue weighted by molar-refractivity contribution is 0.0342. The second kappa shape index (κ2) is 14.2.